The molecule has 0 amide bonds. The second-order valence-electron chi connectivity index (χ2n) is 12.6. The highest BCUT2D eigenvalue weighted by atomic mass is 14.2. The number of aryl methyl sites for hydroxylation is 4. The summed E-state index contributed by atoms with van der Waals surface area (Å²) >= 11 is 0. The van der Waals surface area contributed by atoms with Crippen LogP contribution in [0.3, 0.4) is 0 Å². The van der Waals surface area contributed by atoms with Crippen LogP contribution in [0.4, 0.5) is 0 Å². The van der Waals surface area contributed by atoms with E-state index in [4.69, 9.17) is 0 Å². The Labute approximate surface area is 255 Å². The highest BCUT2D eigenvalue weighted by Crippen LogP contribution is 2.44. The first-order valence-corrected chi connectivity index (χ1v) is 16.7. The third kappa shape index (κ3) is 7.15. The predicted molar refractivity (Wildman–Crippen MR) is 187 cm³/mol. The number of benzene rings is 5. The monoisotopic (exact) mass is 554 g/mol. The van der Waals surface area contributed by atoms with Crippen LogP contribution in [0.2, 0.25) is 0 Å². The van der Waals surface area contributed by atoms with Crippen molar-refractivity contribution in [2.75, 3.05) is 0 Å². The standard InChI is InChI=1S/C42H50/c1-5-7-9-11-13-15-33-19-23-35(24-20-33)41-37-27-17-32(4)30-40(37)42(38-28-18-31(3)29-39(38)41)36-25-21-34(22-26-36)16-14-12-10-8-6-2/h17-30H,5-16H2,1-4H3. The molecule has 0 unspecified atom stereocenters. The summed E-state index contributed by atoms with van der Waals surface area (Å²) in [6, 6.07) is 33.0. The minimum absolute atomic E-state index is 1.18. The summed E-state index contributed by atoms with van der Waals surface area (Å²) in [4.78, 5) is 0. The van der Waals surface area contributed by atoms with Gasteiger partial charge in [0.25, 0.3) is 0 Å². The lowest BCUT2D eigenvalue weighted by Gasteiger charge is -2.19. The summed E-state index contributed by atoms with van der Waals surface area (Å²) in [7, 11) is 0. The molecule has 218 valence electrons. The highest BCUT2D eigenvalue weighted by Gasteiger charge is 2.17. The van der Waals surface area contributed by atoms with Crippen LogP contribution in [0.15, 0.2) is 84.9 Å². The largest absolute Gasteiger partial charge is 0.0654 e. The summed E-state index contributed by atoms with van der Waals surface area (Å²) in [6.07, 6.45) is 15.7. The molecule has 42 heavy (non-hydrogen) atoms. The molecule has 0 heterocycles. The van der Waals surface area contributed by atoms with Crippen molar-refractivity contribution < 1.29 is 0 Å². The molecule has 0 aliphatic rings. The molecule has 5 rings (SSSR count). The van der Waals surface area contributed by atoms with Gasteiger partial charge in [0.15, 0.2) is 0 Å². The van der Waals surface area contributed by atoms with Crippen LogP contribution < -0.4 is 0 Å². The van der Waals surface area contributed by atoms with Gasteiger partial charge in [0, 0.05) is 0 Å². The Hall–Kier alpha value is -3.38. The van der Waals surface area contributed by atoms with Crippen molar-refractivity contribution in [3.8, 4) is 22.3 Å². The van der Waals surface area contributed by atoms with E-state index in [0.29, 0.717) is 0 Å². The molecule has 0 heteroatoms. The third-order valence-electron chi connectivity index (χ3n) is 9.05. The first-order chi connectivity index (χ1) is 20.6. The quantitative estimate of drug-likeness (QED) is 0.0946. The van der Waals surface area contributed by atoms with Crippen molar-refractivity contribution in [3.05, 3.63) is 107 Å². The van der Waals surface area contributed by atoms with Crippen molar-refractivity contribution >= 4 is 21.5 Å². The van der Waals surface area contributed by atoms with Gasteiger partial charge in [0.2, 0.25) is 0 Å². The van der Waals surface area contributed by atoms with E-state index in [2.05, 4.69) is 113 Å². The molecular weight excluding hydrogens is 504 g/mol. The summed E-state index contributed by atoms with van der Waals surface area (Å²) in [5.41, 5.74) is 10.9. The Morgan fingerprint density at radius 1 is 0.381 bits per heavy atom. The number of rotatable bonds is 14. The Bertz CT molecular complexity index is 1460. The fourth-order valence-electron chi connectivity index (χ4n) is 6.62. The van der Waals surface area contributed by atoms with Gasteiger partial charge in [0.05, 0.1) is 0 Å². The van der Waals surface area contributed by atoms with Gasteiger partial charge < -0.3 is 0 Å². The normalized spacial score (nSPS) is 11.5. The van der Waals surface area contributed by atoms with Gasteiger partial charge in [-0.15, -0.1) is 0 Å². The molecule has 0 N–H and O–H groups in total. The third-order valence-corrected chi connectivity index (χ3v) is 9.05. The van der Waals surface area contributed by atoms with Crippen LogP contribution in [-0.2, 0) is 12.8 Å². The topological polar surface area (TPSA) is 0 Å². The molecule has 0 spiro atoms. The molecule has 0 radical (unpaired) electrons. The van der Waals surface area contributed by atoms with Gasteiger partial charge in [0.1, 0.15) is 0 Å². The highest BCUT2D eigenvalue weighted by molar-refractivity contribution is 6.21. The molecule has 0 saturated carbocycles. The molecular formula is C42H50. The van der Waals surface area contributed by atoms with E-state index in [9.17, 15) is 0 Å². The van der Waals surface area contributed by atoms with Crippen LogP contribution in [0, 0.1) is 13.8 Å². The van der Waals surface area contributed by atoms with Crippen LogP contribution in [0.5, 0.6) is 0 Å². The Morgan fingerprint density at radius 2 is 0.762 bits per heavy atom. The number of hydrogen-bond donors (Lipinski definition) is 0. The van der Waals surface area contributed by atoms with Gasteiger partial charge in [-0.05, 0) is 94.5 Å². The molecule has 0 atom stereocenters. The SMILES string of the molecule is CCCCCCCc1ccc(-c2c3ccc(C)cc3c(-c3ccc(CCCCCCC)cc3)c3ccc(C)cc23)cc1. The minimum atomic E-state index is 1.18. The molecule has 0 aliphatic carbocycles. The van der Waals surface area contributed by atoms with Crippen molar-refractivity contribution in [2.45, 2.75) is 105 Å². The Kier molecular flexibility index (Phi) is 10.5. The Morgan fingerprint density at radius 3 is 1.14 bits per heavy atom. The van der Waals surface area contributed by atoms with E-state index < -0.39 is 0 Å². The first kappa shape index (κ1) is 30.1. The van der Waals surface area contributed by atoms with Crippen LogP contribution in [-0.4, -0.2) is 0 Å². The van der Waals surface area contributed by atoms with Crippen molar-refractivity contribution in [1.82, 2.24) is 0 Å². The maximum atomic E-state index is 2.40. The fourth-order valence-corrected chi connectivity index (χ4v) is 6.62. The lowest BCUT2D eigenvalue weighted by Crippen LogP contribution is -1.93. The molecule has 0 saturated heterocycles. The molecule has 0 nitrogen and oxygen atoms in total. The maximum Gasteiger partial charge on any atom is -0.00263 e. The zero-order chi connectivity index (χ0) is 29.3. The number of unbranched alkanes of at least 4 members (excludes halogenated alkanes) is 8. The van der Waals surface area contributed by atoms with Crippen LogP contribution >= 0.6 is 0 Å². The van der Waals surface area contributed by atoms with E-state index in [0.717, 1.165) is 0 Å². The summed E-state index contributed by atoms with van der Waals surface area (Å²) in [6.45, 7) is 9.01. The first-order valence-electron chi connectivity index (χ1n) is 16.7. The van der Waals surface area contributed by atoms with Gasteiger partial charge in [-0.2, -0.15) is 0 Å². The van der Waals surface area contributed by atoms with Gasteiger partial charge in [-0.3, -0.25) is 0 Å². The summed E-state index contributed by atoms with van der Waals surface area (Å²) in [5, 5.41) is 5.41. The van der Waals surface area contributed by atoms with Crippen molar-refractivity contribution in [2.24, 2.45) is 0 Å². The van der Waals surface area contributed by atoms with E-state index in [1.165, 1.54) is 143 Å². The van der Waals surface area contributed by atoms with Crippen molar-refractivity contribution in [3.63, 3.8) is 0 Å². The average Bonchev–Trinajstić information content (AvgIpc) is 3.00. The molecule has 0 aromatic heterocycles. The second kappa shape index (κ2) is 14.7. The molecule has 0 fully saturated rings. The lowest BCUT2D eigenvalue weighted by molar-refractivity contribution is 0.632. The van der Waals surface area contributed by atoms with E-state index in [1.54, 1.807) is 0 Å². The van der Waals surface area contributed by atoms with Crippen molar-refractivity contribution in [1.29, 1.82) is 0 Å². The number of hydrogen-bond acceptors (Lipinski definition) is 0. The maximum absolute atomic E-state index is 2.40. The minimum Gasteiger partial charge on any atom is -0.0654 e. The van der Waals surface area contributed by atoms with Crippen LogP contribution in [0.25, 0.3) is 43.8 Å². The smallest absolute Gasteiger partial charge is 0.00263 e. The molecule has 0 aliphatic heterocycles. The van der Waals surface area contributed by atoms with E-state index in [-0.39, 0.29) is 0 Å². The predicted octanol–water partition coefficient (Wildman–Crippen LogP) is 13.0. The van der Waals surface area contributed by atoms with Gasteiger partial charge >= 0.3 is 0 Å². The average molecular weight is 555 g/mol. The zero-order valence-electron chi connectivity index (χ0n) is 26.6. The van der Waals surface area contributed by atoms with Gasteiger partial charge in [-0.1, -0.05) is 161 Å². The molecule has 0 bridgehead atoms. The zero-order valence-corrected chi connectivity index (χ0v) is 26.6. The summed E-state index contributed by atoms with van der Waals surface area (Å²) < 4.78 is 0. The number of fused-ring (bicyclic) bond motifs is 2. The van der Waals surface area contributed by atoms with Crippen LogP contribution in [0.1, 0.15) is 100 Å². The molecule has 5 aromatic carbocycles. The fraction of sp³-hybridized carbons (Fsp3) is 0.381. The summed E-state index contributed by atoms with van der Waals surface area (Å²) in [5.74, 6) is 0. The molecule has 5 aromatic rings. The Balaban J connectivity index is 1.54. The van der Waals surface area contributed by atoms with Gasteiger partial charge in [-0.25, -0.2) is 0 Å². The van der Waals surface area contributed by atoms with E-state index >= 15 is 0 Å². The lowest BCUT2D eigenvalue weighted by atomic mass is 9.84. The second-order valence-corrected chi connectivity index (χ2v) is 12.6. The van der Waals surface area contributed by atoms with E-state index in [1.807, 2.05) is 0 Å².